The summed E-state index contributed by atoms with van der Waals surface area (Å²) in [6.45, 7) is -0.487. The Labute approximate surface area is 128 Å². The highest BCUT2D eigenvalue weighted by atomic mass is 35.5. The van der Waals surface area contributed by atoms with Crippen LogP contribution < -0.4 is 0 Å². The molecule has 0 radical (unpaired) electrons. The minimum absolute atomic E-state index is 0.0473. The van der Waals surface area contributed by atoms with Crippen LogP contribution in [0.4, 0.5) is 4.39 Å². The van der Waals surface area contributed by atoms with E-state index in [-0.39, 0.29) is 29.6 Å². The smallest absolute Gasteiger partial charge is 0.246 e. The van der Waals surface area contributed by atoms with Gasteiger partial charge in [0, 0.05) is 17.1 Å². The topological polar surface area (TPSA) is 57.6 Å². The van der Waals surface area contributed by atoms with Gasteiger partial charge in [0.2, 0.25) is 10.0 Å². The minimum Gasteiger partial charge on any atom is -0.392 e. The number of hydrogen-bond donors (Lipinski definition) is 1. The molecule has 0 heterocycles. The molecule has 1 N–H and O–H groups in total. The molecule has 1 saturated carbocycles. The Morgan fingerprint density at radius 2 is 2.14 bits per heavy atom. The number of aliphatic hydroxyl groups is 1. The second kappa shape index (κ2) is 6.32. The molecular weight excluding hydrogens is 317 g/mol. The normalized spacial score (nSPS) is 15.2. The standard InChI is InChI=1S/C14H15ClFNO3S/c1-2-5-17(8-10-3-4-10)21(19,20)13-7-12(15)6-11(9-18)14(13)16/h1,6-7,10,18H,3-5,8-9H2. The molecule has 0 spiro atoms. The summed E-state index contributed by atoms with van der Waals surface area (Å²) >= 11 is 5.81. The molecule has 21 heavy (non-hydrogen) atoms. The van der Waals surface area contributed by atoms with E-state index in [0.717, 1.165) is 23.2 Å². The maximum atomic E-state index is 14.2. The number of sulfonamides is 1. The number of aliphatic hydroxyl groups excluding tert-OH is 1. The first-order valence-electron chi connectivity index (χ1n) is 6.42. The lowest BCUT2D eigenvalue weighted by atomic mass is 10.2. The molecule has 1 aliphatic rings. The predicted octanol–water partition coefficient (Wildman–Crippen LogP) is 2.01. The van der Waals surface area contributed by atoms with Gasteiger partial charge >= 0.3 is 0 Å². The lowest BCUT2D eigenvalue weighted by molar-refractivity contribution is 0.274. The van der Waals surface area contributed by atoms with Crippen LogP contribution in [0.15, 0.2) is 17.0 Å². The van der Waals surface area contributed by atoms with Crippen molar-refractivity contribution in [3.63, 3.8) is 0 Å². The summed E-state index contributed by atoms with van der Waals surface area (Å²) < 4.78 is 40.5. The van der Waals surface area contributed by atoms with Crippen LogP contribution in [-0.4, -0.2) is 30.9 Å². The van der Waals surface area contributed by atoms with Crippen molar-refractivity contribution in [1.82, 2.24) is 4.31 Å². The third kappa shape index (κ3) is 3.55. The van der Waals surface area contributed by atoms with E-state index in [1.165, 1.54) is 6.07 Å². The van der Waals surface area contributed by atoms with Crippen LogP contribution in [0.25, 0.3) is 0 Å². The van der Waals surface area contributed by atoms with E-state index < -0.39 is 27.3 Å². The van der Waals surface area contributed by atoms with E-state index in [1.807, 2.05) is 0 Å². The summed E-state index contributed by atoms with van der Waals surface area (Å²) in [4.78, 5) is -0.546. The van der Waals surface area contributed by atoms with Gasteiger partial charge in [0.1, 0.15) is 10.7 Å². The molecule has 1 aliphatic carbocycles. The van der Waals surface area contributed by atoms with Crippen molar-refractivity contribution in [1.29, 1.82) is 0 Å². The number of nitrogens with zero attached hydrogens (tertiary/aromatic N) is 1. The molecule has 0 aromatic heterocycles. The van der Waals surface area contributed by atoms with Gasteiger partial charge < -0.3 is 5.11 Å². The van der Waals surface area contributed by atoms with E-state index in [0.29, 0.717) is 0 Å². The fourth-order valence-corrected chi connectivity index (χ4v) is 3.87. The molecule has 0 unspecified atom stereocenters. The van der Waals surface area contributed by atoms with Crippen molar-refractivity contribution in [2.45, 2.75) is 24.3 Å². The third-order valence-electron chi connectivity index (χ3n) is 3.29. The van der Waals surface area contributed by atoms with Gasteiger partial charge in [-0.15, -0.1) is 6.42 Å². The number of halogens is 2. The van der Waals surface area contributed by atoms with Crippen LogP contribution in [0, 0.1) is 24.1 Å². The molecular formula is C14H15ClFNO3S. The van der Waals surface area contributed by atoms with Crippen molar-refractivity contribution in [3.05, 3.63) is 28.5 Å². The molecule has 7 heteroatoms. The zero-order valence-electron chi connectivity index (χ0n) is 11.2. The van der Waals surface area contributed by atoms with Gasteiger partial charge in [0.25, 0.3) is 0 Å². The van der Waals surface area contributed by atoms with Crippen LogP contribution in [-0.2, 0) is 16.6 Å². The third-order valence-corrected chi connectivity index (χ3v) is 5.32. The maximum absolute atomic E-state index is 14.2. The number of rotatable bonds is 6. The van der Waals surface area contributed by atoms with Crippen LogP contribution in [0.5, 0.6) is 0 Å². The summed E-state index contributed by atoms with van der Waals surface area (Å²) in [6, 6.07) is 2.24. The quantitative estimate of drug-likeness (QED) is 0.811. The van der Waals surface area contributed by atoms with Gasteiger partial charge in [0.15, 0.2) is 0 Å². The van der Waals surface area contributed by atoms with Gasteiger partial charge in [-0.2, -0.15) is 4.31 Å². The summed E-state index contributed by atoms with van der Waals surface area (Å²) in [7, 11) is -4.08. The molecule has 2 rings (SSSR count). The van der Waals surface area contributed by atoms with Crippen molar-refractivity contribution < 1.29 is 17.9 Å². The van der Waals surface area contributed by atoms with Gasteiger partial charge in [-0.25, -0.2) is 12.8 Å². The monoisotopic (exact) mass is 331 g/mol. The Kier molecular flexibility index (Phi) is 4.89. The summed E-state index contributed by atoms with van der Waals surface area (Å²) in [5.41, 5.74) is -0.159. The summed E-state index contributed by atoms with van der Waals surface area (Å²) in [6.07, 6.45) is 7.09. The number of hydrogen-bond acceptors (Lipinski definition) is 3. The van der Waals surface area contributed by atoms with Crippen molar-refractivity contribution >= 4 is 21.6 Å². The Balaban J connectivity index is 2.46. The van der Waals surface area contributed by atoms with Crippen LogP contribution in [0.2, 0.25) is 5.02 Å². The van der Waals surface area contributed by atoms with Gasteiger partial charge in [-0.1, -0.05) is 17.5 Å². The second-order valence-corrected chi connectivity index (χ2v) is 7.32. The first-order chi connectivity index (χ1) is 9.90. The summed E-state index contributed by atoms with van der Waals surface area (Å²) in [5, 5.41) is 9.14. The van der Waals surface area contributed by atoms with E-state index in [9.17, 15) is 12.8 Å². The first kappa shape index (κ1) is 16.2. The SMILES string of the molecule is C#CCN(CC1CC1)S(=O)(=O)c1cc(Cl)cc(CO)c1F. The maximum Gasteiger partial charge on any atom is 0.246 e. The van der Waals surface area contributed by atoms with E-state index in [1.54, 1.807) is 0 Å². The zero-order chi connectivity index (χ0) is 15.6. The van der Waals surface area contributed by atoms with E-state index in [2.05, 4.69) is 5.92 Å². The second-order valence-electron chi connectivity index (χ2n) is 4.98. The highest BCUT2D eigenvalue weighted by molar-refractivity contribution is 7.89. The van der Waals surface area contributed by atoms with E-state index in [4.69, 9.17) is 23.1 Å². The lowest BCUT2D eigenvalue weighted by Crippen LogP contribution is -2.34. The Morgan fingerprint density at radius 1 is 1.48 bits per heavy atom. The van der Waals surface area contributed by atoms with Crippen molar-refractivity contribution in [2.24, 2.45) is 5.92 Å². The molecule has 0 bridgehead atoms. The summed E-state index contributed by atoms with van der Waals surface area (Å²) in [5.74, 6) is 1.57. The van der Waals surface area contributed by atoms with Gasteiger partial charge in [-0.05, 0) is 30.9 Å². The molecule has 0 amide bonds. The van der Waals surface area contributed by atoms with Gasteiger partial charge in [-0.3, -0.25) is 0 Å². The van der Waals surface area contributed by atoms with Crippen LogP contribution in [0.1, 0.15) is 18.4 Å². The zero-order valence-corrected chi connectivity index (χ0v) is 12.8. The fourth-order valence-electron chi connectivity index (χ4n) is 2.00. The van der Waals surface area contributed by atoms with Crippen molar-refractivity contribution in [3.8, 4) is 12.3 Å². The Bertz CT molecular complexity index is 680. The molecule has 114 valence electrons. The van der Waals surface area contributed by atoms with Crippen LogP contribution in [0.3, 0.4) is 0 Å². The first-order valence-corrected chi connectivity index (χ1v) is 8.24. The Hall–Kier alpha value is -1.13. The number of benzene rings is 1. The Morgan fingerprint density at radius 3 is 2.67 bits per heavy atom. The lowest BCUT2D eigenvalue weighted by Gasteiger charge is -2.20. The van der Waals surface area contributed by atoms with Crippen LogP contribution >= 0.6 is 11.6 Å². The average Bonchev–Trinajstić information content (AvgIpc) is 3.24. The molecule has 1 aromatic carbocycles. The predicted molar refractivity (Wildman–Crippen MR) is 77.6 cm³/mol. The average molecular weight is 332 g/mol. The number of terminal acetylenes is 1. The molecule has 1 fully saturated rings. The van der Waals surface area contributed by atoms with Crippen molar-refractivity contribution in [2.75, 3.05) is 13.1 Å². The van der Waals surface area contributed by atoms with E-state index >= 15 is 0 Å². The molecule has 0 saturated heterocycles. The molecule has 0 atom stereocenters. The molecule has 4 nitrogen and oxygen atoms in total. The minimum atomic E-state index is -4.08. The molecule has 0 aliphatic heterocycles. The fraction of sp³-hybridized carbons (Fsp3) is 0.429. The molecule has 1 aromatic rings. The highest BCUT2D eigenvalue weighted by Crippen LogP contribution is 2.33. The van der Waals surface area contributed by atoms with Gasteiger partial charge in [0.05, 0.1) is 13.2 Å². The largest absolute Gasteiger partial charge is 0.392 e. The highest BCUT2D eigenvalue weighted by Gasteiger charge is 2.33.